The number of nitrogens with zero attached hydrogens (tertiary/aromatic N) is 1. The molecule has 4 rings (SSSR count). The summed E-state index contributed by atoms with van der Waals surface area (Å²) in [6.07, 6.45) is 0. The predicted molar refractivity (Wildman–Crippen MR) is 118 cm³/mol. The molecule has 1 heterocycles. The average molecular weight is 419 g/mol. The summed E-state index contributed by atoms with van der Waals surface area (Å²) in [6.45, 7) is 0.734. The standard InChI is InChI=1S/C24H25N3O4/c1-27(2)20(19-9-5-7-17-6-3-4-8-18(17)19)14-26-24(29)23(28)25-13-16-10-11-21-22(12-16)31-15-30-21/h3-12,20H,13-15H2,1-2H3,(H,25,28)(H,26,29)/t20-/m0/s1. The second-order valence-electron chi connectivity index (χ2n) is 7.63. The summed E-state index contributed by atoms with van der Waals surface area (Å²) in [7, 11) is 3.91. The van der Waals surface area contributed by atoms with Crippen molar-refractivity contribution in [1.82, 2.24) is 15.5 Å². The number of likely N-dealkylation sites (N-methyl/N-ethyl adjacent to an activating group) is 1. The van der Waals surface area contributed by atoms with Gasteiger partial charge in [0.05, 0.1) is 6.04 Å². The number of ether oxygens (including phenoxy) is 2. The van der Waals surface area contributed by atoms with Gasteiger partial charge in [-0.15, -0.1) is 0 Å². The highest BCUT2D eigenvalue weighted by Crippen LogP contribution is 2.32. The number of hydrogen-bond donors (Lipinski definition) is 2. The molecule has 0 unspecified atom stereocenters. The van der Waals surface area contributed by atoms with Crippen LogP contribution in [-0.2, 0) is 16.1 Å². The van der Waals surface area contributed by atoms with Crippen molar-refractivity contribution >= 4 is 22.6 Å². The largest absolute Gasteiger partial charge is 0.454 e. The van der Waals surface area contributed by atoms with Crippen molar-refractivity contribution in [3.8, 4) is 11.5 Å². The van der Waals surface area contributed by atoms with Crippen molar-refractivity contribution in [1.29, 1.82) is 0 Å². The van der Waals surface area contributed by atoms with E-state index < -0.39 is 11.8 Å². The van der Waals surface area contributed by atoms with Crippen molar-refractivity contribution in [2.45, 2.75) is 12.6 Å². The fraction of sp³-hybridized carbons (Fsp3) is 0.250. The van der Waals surface area contributed by atoms with Gasteiger partial charge in [-0.05, 0) is 48.1 Å². The number of nitrogens with one attached hydrogen (secondary N) is 2. The van der Waals surface area contributed by atoms with Crippen LogP contribution >= 0.6 is 0 Å². The monoisotopic (exact) mass is 419 g/mol. The van der Waals surface area contributed by atoms with Crippen LogP contribution in [-0.4, -0.2) is 44.1 Å². The zero-order valence-electron chi connectivity index (χ0n) is 17.6. The molecule has 1 aliphatic heterocycles. The Bertz CT molecular complexity index is 1110. The van der Waals surface area contributed by atoms with Gasteiger partial charge < -0.3 is 25.0 Å². The Morgan fingerprint density at radius 1 is 0.935 bits per heavy atom. The molecule has 31 heavy (non-hydrogen) atoms. The summed E-state index contributed by atoms with van der Waals surface area (Å²) in [5.74, 6) is -0.0166. The quantitative estimate of drug-likeness (QED) is 0.601. The molecule has 0 radical (unpaired) electrons. The van der Waals surface area contributed by atoms with Gasteiger partial charge in [0.25, 0.3) is 0 Å². The second-order valence-corrected chi connectivity index (χ2v) is 7.63. The Balaban J connectivity index is 1.37. The van der Waals surface area contributed by atoms with Gasteiger partial charge in [-0.2, -0.15) is 0 Å². The van der Waals surface area contributed by atoms with Crippen LogP contribution in [0.5, 0.6) is 11.5 Å². The highest BCUT2D eigenvalue weighted by Gasteiger charge is 2.20. The SMILES string of the molecule is CN(C)[C@@H](CNC(=O)C(=O)NCc1ccc2c(c1)OCO2)c1cccc2ccccc12. The van der Waals surface area contributed by atoms with E-state index in [4.69, 9.17) is 9.47 Å². The maximum absolute atomic E-state index is 12.4. The van der Waals surface area contributed by atoms with Crippen molar-refractivity contribution < 1.29 is 19.1 Å². The minimum absolute atomic E-state index is 0.0725. The Hall–Kier alpha value is -3.58. The van der Waals surface area contributed by atoms with E-state index in [0.29, 0.717) is 18.0 Å². The lowest BCUT2D eigenvalue weighted by Crippen LogP contribution is -2.42. The molecule has 1 atom stereocenters. The highest BCUT2D eigenvalue weighted by molar-refractivity contribution is 6.35. The third-order valence-corrected chi connectivity index (χ3v) is 5.36. The topological polar surface area (TPSA) is 79.9 Å². The van der Waals surface area contributed by atoms with E-state index in [0.717, 1.165) is 21.9 Å². The van der Waals surface area contributed by atoms with Crippen LogP contribution in [0.15, 0.2) is 60.7 Å². The predicted octanol–water partition coefficient (Wildman–Crippen LogP) is 2.60. The lowest BCUT2D eigenvalue weighted by Gasteiger charge is -2.26. The first-order chi connectivity index (χ1) is 15.0. The van der Waals surface area contributed by atoms with E-state index in [2.05, 4.69) is 34.9 Å². The van der Waals surface area contributed by atoms with E-state index in [1.54, 1.807) is 12.1 Å². The summed E-state index contributed by atoms with van der Waals surface area (Å²) in [5.41, 5.74) is 1.93. The zero-order valence-corrected chi connectivity index (χ0v) is 17.6. The van der Waals surface area contributed by atoms with Crippen LogP contribution < -0.4 is 20.1 Å². The molecule has 3 aromatic carbocycles. The van der Waals surface area contributed by atoms with Crippen LogP contribution in [0.4, 0.5) is 0 Å². The maximum atomic E-state index is 12.4. The van der Waals surface area contributed by atoms with Crippen LogP contribution in [0.25, 0.3) is 10.8 Å². The smallest absolute Gasteiger partial charge is 0.309 e. The highest BCUT2D eigenvalue weighted by atomic mass is 16.7. The van der Waals surface area contributed by atoms with Crippen molar-refractivity contribution in [3.05, 3.63) is 71.8 Å². The van der Waals surface area contributed by atoms with E-state index in [1.165, 1.54) is 0 Å². The van der Waals surface area contributed by atoms with E-state index in [1.807, 2.05) is 43.3 Å². The average Bonchev–Trinajstić information content (AvgIpc) is 3.25. The lowest BCUT2D eigenvalue weighted by atomic mass is 9.98. The molecule has 0 saturated carbocycles. The summed E-state index contributed by atoms with van der Waals surface area (Å²) in [4.78, 5) is 26.7. The number of hydrogen-bond acceptors (Lipinski definition) is 5. The number of fused-ring (bicyclic) bond motifs is 2. The van der Waals surface area contributed by atoms with Gasteiger partial charge in [0.15, 0.2) is 11.5 Å². The van der Waals surface area contributed by atoms with Crippen LogP contribution in [0.1, 0.15) is 17.2 Å². The summed E-state index contributed by atoms with van der Waals surface area (Å²) >= 11 is 0. The molecule has 0 spiro atoms. The first-order valence-corrected chi connectivity index (χ1v) is 10.1. The Morgan fingerprint density at radius 3 is 2.52 bits per heavy atom. The Morgan fingerprint density at radius 2 is 1.68 bits per heavy atom. The minimum atomic E-state index is -0.673. The second kappa shape index (κ2) is 9.06. The molecule has 160 valence electrons. The van der Waals surface area contributed by atoms with Crippen molar-refractivity contribution in [2.24, 2.45) is 0 Å². The summed E-state index contributed by atoms with van der Waals surface area (Å²) < 4.78 is 10.6. The number of benzene rings is 3. The number of carbonyl (C=O) groups excluding carboxylic acids is 2. The summed E-state index contributed by atoms with van der Waals surface area (Å²) in [6, 6.07) is 19.6. The molecule has 1 aliphatic rings. The number of rotatable bonds is 6. The molecule has 0 fully saturated rings. The van der Waals surface area contributed by atoms with Crippen molar-refractivity contribution in [3.63, 3.8) is 0 Å². The minimum Gasteiger partial charge on any atom is -0.454 e. The normalized spacial score (nSPS) is 13.3. The Labute approximate surface area is 180 Å². The molecule has 2 amide bonds. The van der Waals surface area contributed by atoms with Crippen LogP contribution in [0.2, 0.25) is 0 Å². The van der Waals surface area contributed by atoms with Crippen LogP contribution in [0.3, 0.4) is 0 Å². The molecule has 0 bridgehead atoms. The number of amides is 2. The van der Waals surface area contributed by atoms with Crippen LogP contribution in [0, 0.1) is 0 Å². The first kappa shape index (κ1) is 20.7. The third-order valence-electron chi connectivity index (χ3n) is 5.36. The molecule has 7 heteroatoms. The van der Waals surface area contributed by atoms with Gasteiger partial charge in [-0.25, -0.2) is 0 Å². The molecule has 7 nitrogen and oxygen atoms in total. The molecule has 0 saturated heterocycles. The van der Waals surface area contributed by atoms with Gasteiger partial charge in [0, 0.05) is 13.1 Å². The molecule has 0 aliphatic carbocycles. The zero-order chi connectivity index (χ0) is 21.8. The van der Waals surface area contributed by atoms with Gasteiger partial charge in [0.2, 0.25) is 6.79 Å². The summed E-state index contributed by atoms with van der Waals surface area (Å²) in [5, 5.41) is 7.69. The maximum Gasteiger partial charge on any atom is 0.309 e. The van der Waals surface area contributed by atoms with Gasteiger partial charge in [-0.3, -0.25) is 9.59 Å². The molecule has 3 aromatic rings. The molecule has 2 N–H and O–H groups in total. The molecular formula is C24H25N3O4. The fourth-order valence-electron chi connectivity index (χ4n) is 3.69. The molecular weight excluding hydrogens is 394 g/mol. The Kier molecular flexibility index (Phi) is 6.04. The first-order valence-electron chi connectivity index (χ1n) is 10.1. The van der Waals surface area contributed by atoms with Gasteiger partial charge in [0.1, 0.15) is 0 Å². The van der Waals surface area contributed by atoms with E-state index in [9.17, 15) is 9.59 Å². The fourth-order valence-corrected chi connectivity index (χ4v) is 3.69. The number of carbonyl (C=O) groups is 2. The van der Waals surface area contributed by atoms with E-state index >= 15 is 0 Å². The molecule has 0 aromatic heterocycles. The van der Waals surface area contributed by atoms with Crippen molar-refractivity contribution in [2.75, 3.05) is 27.4 Å². The lowest BCUT2D eigenvalue weighted by molar-refractivity contribution is -0.139. The van der Waals surface area contributed by atoms with E-state index in [-0.39, 0.29) is 19.4 Å². The van der Waals surface area contributed by atoms with Gasteiger partial charge in [-0.1, -0.05) is 48.5 Å². The third kappa shape index (κ3) is 4.62. The van der Waals surface area contributed by atoms with Gasteiger partial charge >= 0.3 is 11.8 Å².